The van der Waals surface area contributed by atoms with Gasteiger partial charge in [0.25, 0.3) is 0 Å². The molecule has 1 atom stereocenters. The lowest BCUT2D eigenvalue weighted by Gasteiger charge is -2.42. The van der Waals surface area contributed by atoms with Crippen molar-refractivity contribution in [3.63, 3.8) is 0 Å². The van der Waals surface area contributed by atoms with Crippen molar-refractivity contribution < 1.29 is 9.90 Å². The molecule has 2 fully saturated rings. The first-order chi connectivity index (χ1) is 6.22. The van der Waals surface area contributed by atoms with Gasteiger partial charge in [0.1, 0.15) is 0 Å². The number of likely N-dealkylation sites (tertiary alicyclic amines) is 1. The quantitative estimate of drug-likeness (QED) is 0.711. The Bertz CT molecular complexity index is 207. The van der Waals surface area contributed by atoms with E-state index in [9.17, 15) is 4.79 Å². The molecule has 1 heterocycles. The predicted octanol–water partition coefficient (Wildman–Crippen LogP) is 1.19. The molecule has 0 aromatic rings. The molecule has 1 N–H and O–H groups in total. The number of aliphatic carboxylic acids is 1. The van der Waals surface area contributed by atoms with E-state index in [1.54, 1.807) is 0 Å². The van der Waals surface area contributed by atoms with Gasteiger partial charge in [-0.05, 0) is 25.2 Å². The molecule has 1 aliphatic carbocycles. The van der Waals surface area contributed by atoms with Crippen LogP contribution in [0.4, 0.5) is 0 Å². The lowest BCUT2D eigenvalue weighted by molar-refractivity contribution is -0.149. The minimum atomic E-state index is -0.623. The Morgan fingerprint density at radius 3 is 2.54 bits per heavy atom. The molecule has 1 unspecified atom stereocenters. The van der Waals surface area contributed by atoms with Gasteiger partial charge in [-0.3, -0.25) is 9.69 Å². The third kappa shape index (κ3) is 1.70. The van der Waals surface area contributed by atoms with E-state index in [1.807, 2.05) is 0 Å². The van der Waals surface area contributed by atoms with E-state index in [-0.39, 0.29) is 5.92 Å². The van der Waals surface area contributed by atoms with Gasteiger partial charge in [-0.2, -0.15) is 0 Å². The van der Waals surface area contributed by atoms with Crippen LogP contribution in [-0.2, 0) is 4.79 Å². The SMILES string of the molecule is CCC(C1CC1)N1CC(C(=O)O)C1. The molecule has 13 heavy (non-hydrogen) atoms. The third-order valence-electron chi connectivity index (χ3n) is 3.31. The summed E-state index contributed by atoms with van der Waals surface area (Å²) in [7, 11) is 0. The molecule has 1 aliphatic heterocycles. The lowest BCUT2D eigenvalue weighted by atomic mass is 9.95. The molecule has 3 nitrogen and oxygen atoms in total. The maximum Gasteiger partial charge on any atom is 0.309 e. The van der Waals surface area contributed by atoms with Gasteiger partial charge in [0.2, 0.25) is 0 Å². The Morgan fingerprint density at radius 2 is 2.15 bits per heavy atom. The van der Waals surface area contributed by atoms with Gasteiger partial charge in [0, 0.05) is 19.1 Å². The molecule has 2 aliphatic rings. The van der Waals surface area contributed by atoms with Crippen LogP contribution in [0.25, 0.3) is 0 Å². The molecule has 0 amide bonds. The van der Waals surface area contributed by atoms with Crippen LogP contribution in [0.15, 0.2) is 0 Å². The van der Waals surface area contributed by atoms with Crippen LogP contribution >= 0.6 is 0 Å². The van der Waals surface area contributed by atoms with Crippen LogP contribution in [0.2, 0.25) is 0 Å². The van der Waals surface area contributed by atoms with E-state index < -0.39 is 5.97 Å². The van der Waals surface area contributed by atoms with E-state index in [4.69, 9.17) is 5.11 Å². The smallest absolute Gasteiger partial charge is 0.309 e. The molecule has 0 spiro atoms. The Morgan fingerprint density at radius 1 is 1.54 bits per heavy atom. The number of hydrogen-bond acceptors (Lipinski definition) is 2. The third-order valence-corrected chi connectivity index (χ3v) is 3.31. The molecule has 1 saturated carbocycles. The summed E-state index contributed by atoms with van der Waals surface area (Å²) in [6.07, 6.45) is 3.89. The van der Waals surface area contributed by atoms with Crippen molar-refractivity contribution in [2.75, 3.05) is 13.1 Å². The van der Waals surface area contributed by atoms with Crippen molar-refractivity contribution >= 4 is 5.97 Å². The molecule has 3 heteroatoms. The van der Waals surface area contributed by atoms with Gasteiger partial charge >= 0.3 is 5.97 Å². The van der Waals surface area contributed by atoms with Crippen molar-refractivity contribution in [1.82, 2.24) is 4.90 Å². The van der Waals surface area contributed by atoms with Gasteiger partial charge < -0.3 is 5.11 Å². The highest BCUT2D eigenvalue weighted by Crippen LogP contribution is 2.39. The van der Waals surface area contributed by atoms with Crippen LogP contribution in [0, 0.1) is 11.8 Å². The zero-order valence-corrected chi connectivity index (χ0v) is 8.07. The molecule has 0 radical (unpaired) electrons. The highest BCUT2D eigenvalue weighted by molar-refractivity contribution is 5.71. The normalized spacial score (nSPS) is 26.8. The van der Waals surface area contributed by atoms with Gasteiger partial charge in [-0.15, -0.1) is 0 Å². The second-order valence-electron chi connectivity index (χ2n) is 4.30. The lowest BCUT2D eigenvalue weighted by Crippen LogP contribution is -2.55. The minimum Gasteiger partial charge on any atom is -0.481 e. The number of carbonyl (C=O) groups is 1. The Labute approximate surface area is 78.7 Å². The van der Waals surface area contributed by atoms with Crippen LogP contribution in [-0.4, -0.2) is 35.1 Å². The van der Waals surface area contributed by atoms with Crippen LogP contribution in [0.3, 0.4) is 0 Å². The standard InChI is InChI=1S/C10H17NO2/c1-2-9(7-3-4-7)11-5-8(6-11)10(12)13/h7-9H,2-6H2,1H3,(H,12,13). The van der Waals surface area contributed by atoms with Crippen LogP contribution < -0.4 is 0 Å². The highest BCUT2D eigenvalue weighted by atomic mass is 16.4. The summed E-state index contributed by atoms with van der Waals surface area (Å²) in [4.78, 5) is 12.9. The summed E-state index contributed by atoms with van der Waals surface area (Å²) >= 11 is 0. The van der Waals surface area contributed by atoms with Gasteiger partial charge in [-0.1, -0.05) is 6.92 Å². The van der Waals surface area contributed by atoms with Gasteiger partial charge in [-0.25, -0.2) is 0 Å². The Hall–Kier alpha value is -0.570. The summed E-state index contributed by atoms with van der Waals surface area (Å²) < 4.78 is 0. The number of carboxylic acid groups (broad SMARTS) is 1. The summed E-state index contributed by atoms with van der Waals surface area (Å²) in [6, 6.07) is 0.676. The second kappa shape index (κ2) is 3.29. The zero-order valence-electron chi connectivity index (χ0n) is 8.07. The summed E-state index contributed by atoms with van der Waals surface area (Å²) in [5.74, 6) is 0.162. The summed E-state index contributed by atoms with van der Waals surface area (Å²) in [5.41, 5.74) is 0. The maximum absolute atomic E-state index is 10.6. The fourth-order valence-corrected chi connectivity index (χ4v) is 2.31. The van der Waals surface area contributed by atoms with Crippen LogP contribution in [0.1, 0.15) is 26.2 Å². The van der Waals surface area contributed by atoms with E-state index in [0.29, 0.717) is 6.04 Å². The summed E-state index contributed by atoms with van der Waals surface area (Å²) in [6.45, 7) is 3.77. The van der Waals surface area contributed by atoms with Gasteiger partial charge in [0.15, 0.2) is 0 Å². The molecular formula is C10H17NO2. The highest BCUT2D eigenvalue weighted by Gasteiger charge is 2.41. The first-order valence-corrected chi connectivity index (χ1v) is 5.19. The molecular weight excluding hydrogens is 166 g/mol. The average Bonchev–Trinajstić information content (AvgIpc) is 2.76. The molecule has 0 aromatic carbocycles. The largest absolute Gasteiger partial charge is 0.481 e. The average molecular weight is 183 g/mol. The van der Waals surface area contributed by atoms with E-state index >= 15 is 0 Å². The molecule has 74 valence electrons. The van der Waals surface area contributed by atoms with Crippen molar-refractivity contribution in [3.8, 4) is 0 Å². The van der Waals surface area contributed by atoms with E-state index in [1.165, 1.54) is 19.3 Å². The number of nitrogens with zero attached hydrogens (tertiary/aromatic N) is 1. The van der Waals surface area contributed by atoms with Crippen LogP contribution in [0.5, 0.6) is 0 Å². The van der Waals surface area contributed by atoms with Crippen molar-refractivity contribution in [2.45, 2.75) is 32.2 Å². The second-order valence-corrected chi connectivity index (χ2v) is 4.30. The maximum atomic E-state index is 10.6. The Balaban J connectivity index is 1.80. The number of carboxylic acids is 1. The van der Waals surface area contributed by atoms with Crippen molar-refractivity contribution in [3.05, 3.63) is 0 Å². The zero-order chi connectivity index (χ0) is 9.42. The van der Waals surface area contributed by atoms with Crippen molar-refractivity contribution in [2.24, 2.45) is 11.8 Å². The van der Waals surface area contributed by atoms with Gasteiger partial charge in [0.05, 0.1) is 5.92 Å². The predicted molar refractivity (Wildman–Crippen MR) is 49.5 cm³/mol. The summed E-state index contributed by atoms with van der Waals surface area (Å²) in [5, 5.41) is 8.73. The van der Waals surface area contributed by atoms with E-state index in [2.05, 4.69) is 11.8 Å². The van der Waals surface area contributed by atoms with E-state index in [0.717, 1.165) is 19.0 Å². The Kier molecular flexibility index (Phi) is 2.28. The molecule has 0 bridgehead atoms. The minimum absolute atomic E-state index is 0.0900. The molecule has 1 saturated heterocycles. The monoisotopic (exact) mass is 183 g/mol. The first kappa shape index (κ1) is 9.00. The molecule has 2 rings (SSSR count). The topological polar surface area (TPSA) is 40.5 Å². The first-order valence-electron chi connectivity index (χ1n) is 5.19. The molecule has 0 aromatic heterocycles. The number of rotatable bonds is 4. The van der Waals surface area contributed by atoms with Crippen molar-refractivity contribution in [1.29, 1.82) is 0 Å². The fraction of sp³-hybridized carbons (Fsp3) is 0.900. The number of hydrogen-bond donors (Lipinski definition) is 1. The fourth-order valence-electron chi connectivity index (χ4n) is 2.31.